The van der Waals surface area contributed by atoms with Gasteiger partial charge in [0, 0.05) is 31.2 Å². The van der Waals surface area contributed by atoms with Gasteiger partial charge in [-0.3, -0.25) is 4.79 Å². The van der Waals surface area contributed by atoms with Crippen LogP contribution in [-0.4, -0.2) is 39.8 Å². The summed E-state index contributed by atoms with van der Waals surface area (Å²) in [6, 6.07) is 3.22. The van der Waals surface area contributed by atoms with Crippen molar-refractivity contribution in [3.05, 3.63) is 41.7 Å². The summed E-state index contributed by atoms with van der Waals surface area (Å²) in [5.74, 6) is -0.974. The van der Waals surface area contributed by atoms with Crippen LogP contribution in [0.1, 0.15) is 36.7 Å². The van der Waals surface area contributed by atoms with Gasteiger partial charge >= 0.3 is 0 Å². The quantitative estimate of drug-likeness (QED) is 0.536. The SMILES string of the molecule is CCn1ncc(NC(=O)c2nc(-c3cc(F)ccc3F)sc2N)c1N1CCCC(N)CC1. The topological polar surface area (TPSA) is 115 Å². The molecule has 1 amide bonds. The first kappa shape index (κ1) is 22.2. The van der Waals surface area contributed by atoms with Gasteiger partial charge in [-0.15, -0.1) is 0 Å². The van der Waals surface area contributed by atoms with Gasteiger partial charge in [0.2, 0.25) is 0 Å². The molecule has 1 unspecified atom stereocenters. The fraction of sp³-hybridized carbons (Fsp3) is 0.381. The molecule has 0 bridgehead atoms. The highest BCUT2D eigenvalue weighted by Gasteiger charge is 2.25. The Morgan fingerprint density at radius 3 is 2.91 bits per heavy atom. The van der Waals surface area contributed by atoms with Crippen LogP contribution >= 0.6 is 11.3 Å². The lowest BCUT2D eigenvalue weighted by Gasteiger charge is -2.24. The summed E-state index contributed by atoms with van der Waals surface area (Å²) in [5.41, 5.74) is 12.6. The summed E-state index contributed by atoms with van der Waals surface area (Å²) < 4.78 is 29.5. The fourth-order valence-electron chi connectivity index (χ4n) is 3.82. The highest BCUT2D eigenvalue weighted by atomic mass is 32.1. The number of aryl methyl sites for hydroxylation is 1. The van der Waals surface area contributed by atoms with E-state index in [9.17, 15) is 13.6 Å². The second kappa shape index (κ2) is 9.21. The molecule has 1 aliphatic rings. The van der Waals surface area contributed by atoms with Crippen LogP contribution in [0, 0.1) is 11.6 Å². The summed E-state index contributed by atoms with van der Waals surface area (Å²) in [5, 5.41) is 7.49. The molecule has 1 atom stereocenters. The number of amides is 1. The molecule has 0 aliphatic carbocycles. The van der Waals surface area contributed by atoms with Crippen LogP contribution in [-0.2, 0) is 6.54 Å². The third-order valence-electron chi connectivity index (χ3n) is 5.46. The van der Waals surface area contributed by atoms with Crippen molar-refractivity contribution in [1.29, 1.82) is 0 Å². The molecule has 1 saturated heterocycles. The van der Waals surface area contributed by atoms with Crippen molar-refractivity contribution in [3.63, 3.8) is 0 Å². The number of carbonyl (C=O) groups excluding carboxylic acids is 1. The smallest absolute Gasteiger partial charge is 0.277 e. The number of benzene rings is 1. The first-order chi connectivity index (χ1) is 15.4. The lowest BCUT2D eigenvalue weighted by atomic mass is 10.1. The van der Waals surface area contributed by atoms with Crippen LogP contribution in [0.2, 0.25) is 0 Å². The average molecular weight is 462 g/mol. The molecule has 4 rings (SSSR count). The van der Waals surface area contributed by atoms with E-state index in [4.69, 9.17) is 11.5 Å². The number of nitrogen functional groups attached to an aromatic ring is 1. The minimum absolute atomic E-state index is 0.0400. The standard InChI is InChI=1S/C21H25F2N7OS/c1-2-30-21(29-8-3-4-13(24)7-9-29)16(11-26-30)27-19(31)17-18(25)32-20(28-17)14-10-12(22)5-6-15(14)23/h5-6,10-11,13H,2-4,7-9,24-25H2,1H3,(H,27,31). The van der Waals surface area contributed by atoms with Crippen molar-refractivity contribution >= 4 is 33.8 Å². The third-order valence-corrected chi connectivity index (χ3v) is 6.38. The highest BCUT2D eigenvalue weighted by Crippen LogP contribution is 2.34. The fourth-order valence-corrected chi connectivity index (χ4v) is 4.67. The number of anilines is 3. The van der Waals surface area contributed by atoms with E-state index in [0.717, 1.165) is 67.7 Å². The average Bonchev–Trinajstić information content (AvgIpc) is 3.28. The van der Waals surface area contributed by atoms with Gasteiger partial charge < -0.3 is 21.7 Å². The number of halogens is 2. The zero-order valence-electron chi connectivity index (χ0n) is 17.6. The van der Waals surface area contributed by atoms with Crippen molar-refractivity contribution in [1.82, 2.24) is 14.8 Å². The minimum atomic E-state index is -0.641. The Kier molecular flexibility index (Phi) is 6.38. The van der Waals surface area contributed by atoms with Crippen molar-refractivity contribution in [3.8, 4) is 10.6 Å². The zero-order valence-corrected chi connectivity index (χ0v) is 18.5. The van der Waals surface area contributed by atoms with Crippen LogP contribution in [0.15, 0.2) is 24.4 Å². The first-order valence-electron chi connectivity index (χ1n) is 10.5. The maximum Gasteiger partial charge on any atom is 0.277 e. The van der Waals surface area contributed by atoms with E-state index in [1.165, 1.54) is 0 Å². The summed E-state index contributed by atoms with van der Waals surface area (Å²) in [6.45, 7) is 4.18. The zero-order chi connectivity index (χ0) is 22.8. The molecule has 0 spiro atoms. The molecule has 5 N–H and O–H groups in total. The monoisotopic (exact) mass is 461 g/mol. The Morgan fingerprint density at radius 1 is 1.31 bits per heavy atom. The maximum atomic E-state index is 14.1. The second-order valence-electron chi connectivity index (χ2n) is 7.69. The van der Waals surface area contributed by atoms with Gasteiger partial charge in [-0.25, -0.2) is 18.4 Å². The molecular formula is C21H25F2N7OS. The van der Waals surface area contributed by atoms with Crippen molar-refractivity contribution in [2.24, 2.45) is 5.73 Å². The number of aromatic nitrogens is 3. The van der Waals surface area contributed by atoms with E-state index < -0.39 is 17.5 Å². The van der Waals surface area contributed by atoms with Gasteiger partial charge in [0.1, 0.15) is 27.3 Å². The molecule has 11 heteroatoms. The molecule has 3 heterocycles. The number of nitrogens with one attached hydrogen (secondary N) is 1. The third kappa shape index (κ3) is 4.44. The molecule has 1 fully saturated rings. The normalized spacial score (nSPS) is 16.8. The predicted molar refractivity (Wildman–Crippen MR) is 122 cm³/mol. The lowest BCUT2D eigenvalue weighted by molar-refractivity contribution is 0.102. The molecule has 2 aromatic heterocycles. The van der Waals surface area contributed by atoms with Gasteiger partial charge in [-0.05, 0) is 44.4 Å². The predicted octanol–water partition coefficient (Wildman–Crippen LogP) is 3.46. The van der Waals surface area contributed by atoms with Gasteiger partial charge in [-0.1, -0.05) is 11.3 Å². The number of rotatable bonds is 5. The summed E-state index contributed by atoms with van der Waals surface area (Å²) in [7, 11) is 0. The summed E-state index contributed by atoms with van der Waals surface area (Å²) >= 11 is 0.928. The Labute approximate surface area is 188 Å². The molecule has 0 radical (unpaired) electrons. The number of thiazole rings is 1. The van der Waals surface area contributed by atoms with E-state index in [1.807, 2.05) is 11.6 Å². The Morgan fingerprint density at radius 2 is 2.12 bits per heavy atom. The Balaban J connectivity index is 1.61. The number of carbonyl (C=O) groups is 1. The molecular weight excluding hydrogens is 436 g/mol. The second-order valence-corrected chi connectivity index (χ2v) is 8.72. The molecule has 0 saturated carbocycles. The van der Waals surface area contributed by atoms with E-state index in [0.29, 0.717) is 12.2 Å². The van der Waals surface area contributed by atoms with Crippen LogP contribution in [0.25, 0.3) is 10.6 Å². The molecule has 8 nitrogen and oxygen atoms in total. The van der Waals surface area contributed by atoms with E-state index in [-0.39, 0.29) is 27.3 Å². The number of nitrogens with zero attached hydrogens (tertiary/aromatic N) is 4. The van der Waals surface area contributed by atoms with Crippen molar-refractivity contribution in [2.45, 2.75) is 38.8 Å². The number of nitrogens with two attached hydrogens (primary N) is 2. The number of hydrogen-bond acceptors (Lipinski definition) is 7. The molecule has 3 aromatic rings. The summed E-state index contributed by atoms with van der Waals surface area (Å²) in [6.07, 6.45) is 4.35. The van der Waals surface area contributed by atoms with Crippen LogP contribution < -0.4 is 21.7 Å². The van der Waals surface area contributed by atoms with E-state index >= 15 is 0 Å². The lowest BCUT2D eigenvalue weighted by Crippen LogP contribution is -2.29. The Bertz CT molecular complexity index is 1130. The van der Waals surface area contributed by atoms with Gasteiger partial charge in [0.15, 0.2) is 11.5 Å². The maximum absolute atomic E-state index is 14.1. The first-order valence-corrected chi connectivity index (χ1v) is 11.3. The van der Waals surface area contributed by atoms with E-state index in [1.54, 1.807) is 6.20 Å². The van der Waals surface area contributed by atoms with Gasteiger partial charge in [0.05, 0.1) is 6.20 Å². The van der Waals surface area contributed by atoms with Crippen molar-refractivity contribution < 1.29 is 13.6 Å². The molecule has 1 aliphatic heterocycles. The molecule has 32 heavy (non-hydrogen) atoms. The van der Waals surface area contributed by atoms with Gasteiger partial charge in [-0.2, -0.15) is 5.10 Å². The van der Waals surface area contributed by atoms with E-state index in [2.05, 4.69) is 20.3 Å². The van der Waals surface area contributed by atoms with Crippen LogP contribution in [0.4, 0.5) is 25.3 Å². The molecule has 170 valence electrons. The highest BCUT2D eigenvalue weighted by molar-refractivity contribution is 7.19. The largest absolute Gasteiger partial charge is 0.389 e. The van der Waals surface area contributed by atoms with Crippen LogP contribution in [0.5, 0.6) is 0 Å². The summed E-state index contributed by atoms with van der Waals surface area (Å²) in [4.78, 5) is 19.4. The molecule has 1 aromatic carbocycles. The number of hydrogen-bond donors (Lipinski definition) is 3. The van der Waals surface area contributed by atoms with Gasteiger partial charge in [0.25, 0.3) is 5.91 Å². The van der Waals surface area contributed by atoms with Crippen LogP contribution in [0.3, 0.4) is 0 Å². The minimum Gasteiger partial charge on any atom is -0.389 e. The van der Waals surface area contributed by atoms with Crippen molar-refractivity contribution in [2.75, 3.05) is 29.0 Å². The Hall–Kier alpha value is -3.05.